The Kier molecular flexibility index (Phi) is 9.70. The Morgan fingerprint density at radius 3 is 2.67 bits per heavy atom. The summed E-state index contributed by atoms with van der Waals surface area (Å²) < 4.78 is 0. The monoisotopic (exact) mass is 254 g/mol. The van der Waals surface area contributed by atoms with Crippen LogP contribution in [0, 0.1) is 12.3 Å². The molecule has 2 N–H and O–H groups in total. The predicted molar refractivity (Wildman–Crippen MR) is 69.7 cm³/mol. The van der Waals surface area contributed by atoms with Crippen LogP contribution in [0.1, 0.15) is 32.6 Å². The molecule has 0 aromatic heterocycles. The minimum absolute atomic E-state index is 0.0370. The Morgan fingerprint density at radius 1 is 1.39 bits per heavy atom. The molecule has 0 saturated carbocycles. The van der Waals surface area contributed by atoms with Gasteiger partial charge in [-0.2, -0.15) is 0 Å². The summed E-state index contributed by atoms with van der Waals surface area (Å²) in [6.07, 6.45) is 7.15. The predicted octanol–water partition coefficient (Wildman–Crippen LogP) is 0.137. The molecule has 2 amide bonds. The van der Waals surface area contributed by atoms with Crippen molar-refractivity contribution < 1.29 is 14.7 Å². The van der Waals surface area contributed by atoms with Crippen molar-refractivity contribution in [2.75, 3.05) is 26.2 Å². The first-order valence-corrected chi connectivity index (χ1v) is 6.24. The number of hydrogen-bond acceptors (Lipinski definition) is 3. The van der Waals surface area contributed by atoms with Crippen molar-refractivity contribution in [1.29, 1.82) is 0 Å². The number of hydrogen-bond donors (Lipinski definition) is 2. The molecule has 0 heterocycles. The topological polar surface area (TPSA) is 69.6 Å². The molecule has 5 nitrogen and oxygen atoms in total. The second kappa shape index (κ2) is 10.6. The summed E-state index contributed by atoms with van der Waals surface area (Å²) >= 11 is 0. The molecule has 0 atom stereocenters. The van der Waals surface area contributed by atoms with Crippen molar-refractivity contribution in [3.05, 3.63) is 0 Å². The first-order valence-electron chi connectivity index (χ1n) is 6.24. The summed E-state index contributed by atoms with van der Waals surface area (Å²) in [5, 5.41) is 11.6. The molecule has 0 aliphatic carbocycles. The minimum atomic E-state index is -0.0808. The third kappa shape index (κ3) is 7.69. The van der Waals surface area contributed by atoms with Crippen molar-refractivity contribution in [2.45, 2.75) is 32.6 Å². The van der Waals surface area contributed by atoms with E-state index in [0.717, 1.165) is 0 Å². The third-order valence-corrected chi connectivity index (χ3v) is 2.46. The van der Waals surface area contributed by atoms with E-state index >= 15 is 0 Å². The van der Waals surface area contributed by atoms with E-state index in [1.807, 2.05) is 0 Å². The molecule has 5 heteroatoms. The van der Waals surface area contributed by atoms with E-state index in [4.69, 9.17) is 11.5 Å². The second-order valence-corrected chi connectivity index (χ2v) is 3.87. The molecule has 0 spiro atoms. The summed E-state index contributed by atoms with van der Waals surface area (Å²) in [6, 6.07) is 0. The Balaban J connectivity index is 4.00. The number of amides is 2. The van der Waals surface area contributed by atoms with E-state index < -0.39 is 0 Å². The lowest BCUT2D eigenvalue weighted by molar-refractivity contribution is -0.132. The largest absolute Gasteiger partial charge is 0.395 e. The lowest BCUT2D eigenvalue weighted by Gasteiger charge is -2.21. The van der Waals surface area contributed by atoms with Gasteiger partial charge in [0.25, 0.3) is 0 Å². The number of aliphatic hydroxyl groups is 1. The second-order valence-electron chi connectivity index (χ2n) is 3.87. The van der Waals surface area contributed by atoms with Gasteiger partial charge in [0.1, 0.15) is 0 Å². The minimum Gasteiger partial charge on any atom is -0.395 e. The lowest BCUT2D eigenvalue weighted by atomic mass is 10.2. The molecule has 0 unspecified atom stereocenters. The van der Waals surface area contributed by atoms with Crippen LogP contribution in [0.5, 0.6) is 0 Å². The molecule has 18 heavy (non-hydrogen) atoms. The number of unbranched alkanes of at least 4 members (excludes halogenated alkanes) is 1. The summed E-state index contributed by atoms with van der Waals surface area (Å²) in [4.78, 5) is 24.4. The fourth-order valence-corrected chi connectivity index (χ4v) is 1.44. The molecular formula is C13H22N2O3. The Hall–Kier alpha value is -1.54. The van der Waals surface area contributed by atoms with Gasteiger partial charge in [-0.3, -0.25) is 9.59 Å². The van der Waals surface area contributed by atoms with Crippen LogP contribution in [0.3, 0.4) is 0 Å². The molecule has 0 saturated heterocycles. The molecule has 0 aliphatic heterocycles. The lowest BCUT2D eigenvalue weighted by Crippen LogP contribution is -2.39. The maximum Gasteiger partial charge on any atom is 0.222 e. The van der Waals surface area contributed by atoms with Crippen molar-refractivity contribution in [1.82, 2.24) is 10.2 Å². The van der Waals surface area contributed by atoms with E-state index in [1.165, 1.54) is 0 Å². The fourth-order valence-electron chi connectivity index (χ4n) is 1.44. The van der Waals surface area contributed by atoms with E-state index in [-0.39, 0.29) is 25.0 Å². The standard InChI is InChI=1S/C13H22N2O3/c1-3-5-6-7-13(18)15(10-11-16)9-8-14-12(17)4-2/h1,16H,4-11H2,2H3,(H,14,17). The van der Waals surface area contributed by atoms with E-state index in [1.54, 1.807) is 11.8 Å². The van der Waals surface area contributed by atoms with Crippen LogP contribution >= 0.6 is 0 Å². The Labute approximate surface area is 109 Å². The highest BCUT2D eigenvalue weighted by atomic mass is 16.3. The highest BCUT2D eigenvalue weighted by Gasteiger charge is 2.12. The van der Waals surface area contributed by atoms with Gasteiger partial charge < -0.3 is 15.3 Å². The van der Waals surface area contributed by atoms with Crippen molar-refractivity contribution in [3.63, 3.8) is 0 Å². The maximum atomic E-state index is 11.8. The highest BCUT2D eigenvalue weighted by Crippen LogP contribution is 2.00. The van der Waals surface area contributed by atoms with Crippen LogP contribution in [0.4, 0.5) is 0 Å². The van der Waals surface area contributed by atoms with E-state index in [0.29, 0.717) is 38.8 Å². The number of nitrogens with zero attached hydrogens (tertiary/aromatic N) is 1. The van der Waals surface area contributed by atoms with Gasteiger partial charge in [0.05, 0.1) is 6.61 Å². The SMILES string of the molecule is C#CCCCC(=O)N(CCO)CCNC(=O)CC. The zero-order chi connectivity index (χ0) is 13.8. The summed E-state index contributed by atoms with van der Waals surface area (Å²) in [7, 11) is 0. The number of terminal acetylenes is 1. The molecule has 0 radical (unpaired) electrons. The van der Waals surface area contributed by atoms with Gasteiger partial charge in [-0.15, -0.1) is 12.3 Å². The molecule has 102 valence electrons. The Bertz CT molecular complexity index is 297. The van der Waals surface area contributed by atoms with Crippen LogP contribution in [0.25, 0.3) is 0 Å². The molecule has 0 fully saturated rings. The molecule has 0 aromatic carbocycles. The van der Waals surface area contributed by atoms with Crippen LogP contribution in [0.15, 0.2) is 0 Å². The maximum absolute atomic E-state index is 11.8. The molecule has 0 aromatic rings. The van der Waals surface area contributed by atoms with Gasteiger partial charge in [0, 0.05) is 38.9 Å². The van der Waals surface area contributed by atoms with Gasteiger partial charge in [-0.25, -0.2) is 0 Å². The number of rotatable bonds is 9. The molecule has 0 aliphatic rings. The first-order chi connectivity index (χ1) is 8.65. The zero-order valence-corrected chi connectivity index (χ0v) is 10.9. The van der Waals surface area contributed by atoms with E-state index in [9.17, 15) is 9.59 Å². The van der Waals surface area contributed by atoms with Gasteiger partial charge in [-0.1, -0.05) is 6.92 Å². The number of aliphatic hydroxyl groups excluding tert-OH is 1. The summed E-state index contributed by atoms with van der Waals surface area (Å²) in [6.45, 7) is 2.81. The van der Waals surface area contributed by atoms with E-state index in [2.05, 4.69) is 11.2 Å². The number of nitrogens with one attached hydrogen (secondary N) is 1. The first kappa shape index (κ1) is 16.5. The van der Waals surface area contributed by atoms with Gasteiger partial charge in [0.15, 0.2) is 0 Å². The molecular weight excluding hydrogens is 232 g/mol. The quantitative estimate of drug-likeness (QED) is 0.454. The summed E-state index contributed by atoms with van der Waals surface area (Å²) in [5.74, 6) is 2.40. The van der Waals surface area contributed by atoms with Crippen molar-refractivity contribution >= 4 is 11.8 Å². The highest BCUT2D eigenvalue weighted by molar-refractivity contribution is 5.77. The van der Waals surface area contributed by atoms with Crippen LogP contribution < -0.4 is 5.32 Å². The van der Waals surface area contributed by atoms with Gasteiger partial charge in [0.2, 0.25) is 11.8 Å². The number of carbonyl (C=O) groups is 2. The van der Waals surface area contributed by atoms with Crippen LogP contribution in [0.2, 0.25) is 0 Å². The average molecular weight is 254 g/mol. The summed E-state index contributed by atoms with van der Waals surface area (Å²) in [5.41, 5.74) is 0. The molecule has 0 rings (SSSR count). The normalized spacial score (nSPS) is 9.61. The smallest absolute Gasteiger partial charge is 0.222 e. The van der Waals surface area contributed by atoms with Crippen molar-refractivity contribution in [2.24, 2.45) is 0 Å². The third-order valence-electron chi connectivity index (χ3n) is 2.46. The molecule has 0 bridgehead atoms. The van der Waals surface area contributed by atoms with Gasteiger partial charge in [-0.05, 0) is 6.42 Å². The number of carbonyl (C=O) groups excluding carboxylic acids is 2. The van der Waals surface area contributed by atoms with Crippen LogP contribution in [-0.4, -0.2) is 48.1 Å². The average Bonchev–Trinajstić information content (AvgIpc) is 2.37. The zero-order valence-electron chi connectivity index (χ0n) is 10.9. The Morgan fingerprint density at radius 2 is 2.11 bits per heavy atom. The van der Waals surface area contributed by atoms with Crippen LogP contribution in [-0.2, 0) is 9.59 Å². The van der Waals surface area contributed by atoms with Crippen molar-refractivity contribution in [3.8, 4) is 12.3 Å². The van der Waals surface area contributed by atoms with Gasteiger partial charge >= 0.3 is 0 Å². The fraction of sp³-hybridized carbons (Fsp3) is 0.692.